The van der Waals surface area contributed by atoms with E-state index in [1.54, 1.807) is 0 Å². The number of nitrogens with one attached hydrogen (secondary N) is 1. The highest BCUT2D eigenvalue weighted by Crippen LogP contribution is 2.51. The lowest BCUT2D eigenvalue weighted by atomic mass is 9.87. The Bertz CT molecular complexity index is 578. The first-order valence-electron chi connectivity index (χ1n) is 6.05. The van der Waals surface area contributed by atoms with E-state index in [-0.39, 0.29) is 0 Å². The standard InChI is InChI=1S/C15H14N2/c1-10-11-7-14-13(15(10)17(14)9-11)8-16-12-5-3-2-4-6-12/h2-8,14,16H,9H2,1H3. The maximum atomic E-state index is 3.38. The number of anilines is 1. The van der Waals surface area contributed by atoms with Gasteiger partial charge in [-0.15, -0.1) is 0 Å². The van der Waals surface area contributed by atoms with Crippen molar-refractivity contribution in [2.75, 3.05) is 11.9 Å². The molecule has 1 unspecified atom stereocenters. The summed E-state index contributed by atoms with van der Waals surface area (Å²) in [6, 6.07) is 10.9. The lowest BCUT2D eigenvalue weighted by Gasteiger charge is -2.42. The van der Waals surface area contributed by atoms with Crippen molar-refractivity contribution in [3.05, 3.63) is 65.0 Å². The number of fused-ring (bicyclic) bond motifs is 1. The Morgan fingerprint density at radius 3 is 2.76 bits per heavy atom. The van der Waals surface area contributed by atoms with Crippen LogP contribution in [-0.4, -0.2) is 17.5 Å². The zero-order chi connectivity index (χ0) is 11.4. The highest BCUT2D eigenvalue weighted by Gasteiger charge is 2.47. The normalized spacial score (nSPS) is 26.4. The maximum absolute atomic E-state index is 3.38. The smallest absolute Gasteiger partial charge is 0.0771 e. The summed E-state index contributed by atoms with van der Waals surface area (Å²) in [7, 11) is 0. The van der Waals surface area contributed by atoms with Crippen LogP contribution in [0.25, 0.3) is 0 Å². The summed E-state index contributed by atoms with van der Waals surface area (Å²) in [5.41, 5.74) is 7.04. The van der Waals surface area contributed by atoms with E-state index in [4.69, 9.17) is 0 Å². The molecule has 84 valence electrons. The Kier molecular flexibility index (Phi) is 1.63. The van der Waals surface area contributed by atoms with Gasteiger partial charge in [-0.3, -0.25) is 0 Å². The minimum absolute atomic E-state index is 0.542. The van der Waals surface area contributed by atoms with E-state index in [2.05, 4.69) is 53.7 Å². The minimum atomic E-state index is 0.542. The number of benzene rings is 1. The molecule has 2 bridgehead atoms. The molecule has 1 fully saturated rings. The van der Waals surface area contributed by atoms with Gasteiger partial charge in [-0.1, -0.05) is 24.3 Å². The predicted molar refractivity (Wildman–Crippen MR) is 69.4 cm³/mol. The van der Waals surface area contributed by atoms with E-state index < -0.39 is 0 Å². The minimum Gasteiger partial charge on any atom is -0.361 e. The van der Waals surface area contributed by atoms with Crippen molar-refractivity contribution in [1.29, 1.82) is 0 Å². The second-order valence-electron chi connectivity index (χ2n) is 4.85. The molecule has 0 saturated carbocycles. The van der Waals surface area contributed by atoms with Gasteiger partial charge in [0.1, 0.15) is 0 Å². The maximum Gasteiger partial charge on any atom is 0.0771 e. The van der Waals surface area contributed by atoms with E-state index >= 15 is 0 Å². The van der Waals surface area contributed by atoms with Gasteiger partial charge in [0.15, 0.2) is 0 Å². The number of hydrogen-bond donors (Lipinski definition) is 1. The van der Waals surface area contributed by atoms with Gasteiger partial charge < -0.3 is 10.2 Å². The Labute approximate surface area is 101 Å². The first kappa shape index (κ1) is 9.11. The molecule has 4 rings (SSSR count). The molecule has 3 heterocycles. The number of hydrogen-bond acceptors (Lipinski definition) is 2. The molecule has 1 saturated heterocycles. The zero-order valence-corrected chi connectivity index (χ0v) is 9.77. The topological polar surface area (TPSA) is 15.3 Å². The monoisotopic (exact) mass is 222 g/mol. The first-order chi connectivity index (χ1) is 8.34. The van der Waals surface area contributed by atoms with Crippen LogP contribution in [0.5, 0.6) is 0 Å². The molecule has 2 nitrogen and oxygen atoms in total. The van der Waals surface area contributed by atoms with Crippen LogP contribution < -0.4 is 5.32 Å². The van der Waals surface area contributed by atoms with E-state index in [1.807, 2.05) is 6.07 Å². The van der Waals surface area contributed by atoms with Crippen molar-refractivity contribution in [1.82, 2.24) is 4.90 Å². The summed E-state index contributed by atoms with van der Waals surface area (Å²) in [5, 5.41) is 3.38. The van der Waals surface area contributed by atoms with Gasteiger partial charge in [0.05, 0.1) is 6.04 Å². The number of rotatable bonds is 2. The van der Waals surface area contributed by atoms with Crippen LogP contribution in [0, 0.1) is 0 Å². The molecular weight excluding hydrogens is 208 g/mol. The quantitative estimate of drug-likeness (QED) is 0.827. The van der Waals surface area contributed by atoms with Gasteiger partial charge in [-0.25, -0.2) is 0 Å². The van der Waals surface area contributed by atoms with Gasteiger partial charge in [-0.05, 0) is 30.2 Å². The zero-order valence-electron chi connectivity index (χ0n) is 9.77. The van der Waals surface area contributed by atoms with E-state index in [0.717, 1.165) is 12.2 Å². The molecule has 0 amide bonds. The second kappa shape index (κ2) is 3.04. The summed E-state index contributed by atoms with van der Waals surface area (Å²) in [6.45, 7) is 3.36. The number of para-hydroxylation sites is 1. The lowest BCUT2D eigenvalue weighted by Crippen LogP contribution is -2.43. The molecule has 1 atom stereocenters. The number of nitrogens with zero attached hydrogens (tertiary/aromatic N) is 1. The molecule has 0 aliphatic carbocycles. The average molecular weight is 222 g/mol. The first-order valence-corrected chi connectivity index (χ1v) is 6.05. The molecule has 2 heteroatoms. The Balaban J connectivity index is 1.61. The van der Waals surface area contributed by atoms with E-state index in [9.17, 15) is 0 Å². The highest BCUT2D eigenvalue weighted by atomic mass is 15.3. The Morgan fingerprint density at radius 1 is 1.29 bits per heavy atom. The summed E-state index contributed by atoms with van der Waals surface area (Å²) in [4.78, 5) is 2.48. The molecule has 1 aromatic carbocycles. The van der Waals surface area contributed by atoms with Crippen molar-refractivity contribution < 1.29 is 0 Å². The fraction of sp³-hybridized carbons (Fsp3) is 0.200. The molecule has 17 heavy (non-hydrogen) atoms. The van der Waals surface area contributed by atoms with Crippen molar-refractivity contribution in [3.8, 4) is 0 Å². The molecule has 0 aromatic heterocycles. The molecule has 1 aromatic rings. The fourth-order valence-electron chi connectivity index (χ4n) is 3.01. The average Bonchev–Trinajstić information content (AvgIpc) is 2.83. The van der Waals surface area contributed by atoms with Crippen LogP contribution in [0.1, 0.15) is 6.92 Å². The van der Waals surface area contributed by atoms with Crippen LogP contribution in [0.4, 0.5) is 5.69 Å². The van der Waals surface area contributed by atoms with Gasteiger partial charge in [-0.2, -0.15) is 0 Å². The molecule has 0 radical (unpaired) electrons. The van der Waals surface area contributed by atoms with Crippen LogP contribution >= 0.6 is 0 Å². The summed E-state index contributed by atoms with van der Waals surface area (Å²) >= 11 is 0. The summed E-state index contributed by atoms with van der Waals surface area (Å²) in [5.74, 6) is 0. The molecule has 3 aliphatic rings. The summed E-state index contributed by atoms with van der Waals surface area (Å²) in [6.07, 6.45) is 4.55. The van der Waals surface area contributed by atoms with Crippen molar-refractivity contribution in [2.45, 2.75) is 13.0 Å². The van der Waals surface area contributed by atoms with Crippen LogP contribution in [0.15, 0.2) is 65.0 Å². The molecular formula is C15H14N2. The third-order valence-corrected chi connectivity index (χ3v) is 3.92. The van der Waals surface area contributed by atoms with Crippen LogP contribution in [0.2, 0.25) is 0 Å². The van der Waals surface area contributed by atoms with Gasteiger partial charge >= 0.3 is 0 Å². The third kappa shape index (κ3) is 1.10. The van der Waals surface area contributed by atoms with Gasteiger partial charge in [0, 0.05) is 29.7 Å². The predicted octanol–water partition coefficient (Wildman–Crippen LogP) is 2.89. The highest BCUT2D eigenvalue weighted by molar-refractivity contribution is 5.66. The van der Waals surface area contributed by atoms with Crippen LogP contribution in [-0.2, 0) is 0 Å². The third-order valence-electron chi connectivity index (χ3n) is 3.92. The summed E-state index contributed by atoms with van der Waals surface area (Å²) < 4.78 is 0. The van der Waals surface area contributed by atoms with Crippen molar-refractivity contribution in [3.63, 3.8) is 0 Å². The van der Waals surface area contributed by atoms with Crippen LogP contribution in [0.3, 0.4) is 0 Å². The van der Waals surface area contributed by atoms with E-state index in [0.29, 0.717) is 6.04 Å². The SMILES string of the molecule is CC1=C2C(=CNc3ccccc3)C3C=C1CN23. The largest absolute Gasteiger partial charge is 0.361 e. The molecule has 0 spiro atoms. The second-order valence-corrected chi connectivity index (χ2v) is 4.85. The molecule has 1 N–H and O–H groups in total. The molecule has 3 aliphatic heterocycles. The van der Waals surface area contributed by atoms with Gasteiger partial charge in [0.25, 0.3) is 0 Å². The van der Waals surface area contributed by atoms with Gasteiger partial charge in [0.2, 0.25) is 0 Å². The Hall–Kier alpha value is -1.96. The van der Waals surface area contributed by atoms with Crippen molar-refractivity contribution in [2.24, 2.45) is 0 Å². The van der Waals surface area contributed by atoms with Crippen molar-refractivity contribution >= 4 is 5.69 Å². The van der Waals surface area contributed by atoms with E-state index in [1.165, 1.54) is 22.4 Å². The fourth-order valence-corrected chi connectivity index (χ4v) is 3.01. The Morgan fingerprint density at radius 2 is 2.12 bits per heavy atom. The lowest BCUT2D eigenvalue weighted by molar-refractivity contribution is 0.317.